The van der Waals surface area contributed by atoms with Crippen LogP contribution in [0.4, 0.5) is 5.82 Å². The fourth-order valence-corrected chi connectivity index (χ4v) is 3.02. The number of piperazine rings is 1. The molecule has 118 valence electrons. The zero-order valence-electron chi connectivity index (χ0n) is 12.8. The number of carbonyl (C=O) groups is 2. The van der Waals surface area contributed by atoms with E-state index in [-0.39, 0.29) is 18.4 Å². The van der Waals surface area contributed by atoms with Gasteiger partial charge in [-0.3, -0.25) is 9.59 Å². The lowest BCUT2D eigenvalue weighted by Gasteiger charge is -2.36. The molecule has 1 aromatic rings. The Hall–Kier alpha value is -2.11. The number of piperidine rings is 1. The summed E-state index contributed by atoms with van der Waals surface area (Å²) in [6.07, 6.45) is 4.33. The van der Waals surface area contributed by atoms with Crippen molar-refractivity contribution in [3.8, 4) is 0 Å². The maximum absolute atomic E-state index is 12.4. The largest absolute Gasteiger partial charge is 0.353 e. The fraction of sp³-hybridized carbons (Fsp3) is 0.562. The van der Waals surface area contributed by atoms with E-state index in [1.165, 1.54) is 0 Å². The molecule has 0 aromatic carbocycles. The van der Waals surface area contributed by atoms with Gasteiger partial charge in [0, 0.05) is 45.3 Å². The van der Waals surface area contributed by atoms with E-state index in [1.54, 1.807) is 11.1 Å². The molecule has 6 heteroatoms. The van der Waals surface area contributed by atoms with Crippen molar-refractivity contribution in [1.82, 2.24) is 14.8 Å². The molecule has 22 heavy (non-hydrogen) atoms. The lowest BCUT2D eigenvalue weighted by atomic mass is 10.1. The van der Waals surface area contributed by atoms with Crippen LogP contribution < -0.4 is 4.90 Å². The van der Waals surface area contributed by atoms with Crippen LogP contribution in [0.15, 0.2) is 24.4 Å². The van der Waals surface area contributed by atoms with Crippen molar-refractivity contribution < 1.29 is 9.59 Å². The highest BCUT2D eigenvalue weighted by Crippen LogP contribution is 2.14. The van der Waals surface area contributed by atoms with Crippen LogP contribution in [-0.4, -0.2) is 65.9 Å². The second-order valence-electron chi connectivity index (χ2n) is 5.83. The van der Waals surface area contributed by atoms with Gasteiger partial charge in [-0.2, -0.15) is 0 Å². The Morgan fingerprint density at radius 1 is 1.09 bits per heavy atom. The van der Waals surface area contributed by atoms with Crippen LogP contribution in [0.1, 0.15) is 19.3 Å². The topological polar surface area (TPSA) is 56.8 Å². The molecule has 0 atom stereocenters. The first kappa shape index (κ1) is 14.8. The van der Waals surface area contributed by atoms with Gasteiger partial charge in [-0.05, 0) is 25.0 Å². The summed E-state index contributed by atoms with van der Waals surface area (Å²) in [6, 6.07) is 5.87. The van der Waals surface area contributed by atoms with Gasteiger partial charge in [0.2, 0.25) is 11.8 Å². The number of nitrogens with zero attached hydrogens (tertiary/aromatic N) is 4. The van der Waals surface area contributed by atoms with Gasteiger partial charge in [-0.15, -0.1) is 0 Å². The quantitative estimate of drug-likeness (QED) is 0.826. The predicted octanol–water partition coefficient (Wildman–Crippen LogP) is 0.743. The van der Waals surface area contributed by atoms with E-state index in [2.05, 4.69) is 9.88 Å². The summed E-state index contributed by atoms with van der Waals surface area (Å²) in [5.41, 5.74) is 0. The molecule has 2 aliphatic rings. The highest BCUT2D eigenvalue weighted by molar-refractivity contribution is 5.85. The highest BCUT2D eigenvalue weighted by Gasteiger charge is 2.26. The number of carbonyl (C=O) groups excluding carboxylic acids is 2. The number of likely N-dealkylation sites (tertiary alicyclic amines) is 1. The Kier molecular flexibility index (Phi) is 4.56. The number of amides is 2. The first-order valence-corrected chi connectivity index (χ1v) is 7.95. The molecule has 0 bridgehead atoms. The van der Waals surface area contributed by atoms with Gasteiger partial charge in [-0.1, -0.05) is 6.07 Å². The van der Waals surface area contributed by atoms with E-state index < -0.39 is 0 Å². The molecule has 0 N–H and O–H groups in total. The van der Waals surface area contributed by atoms with Crippen LogP contribution in [0, 0.1) is 0 Å². The molecule has 0 saturated carbocycles. The molecule has 0 unspecified atom stereocenters. The van der Waals surface area contributed by atoms with Crippen molar-refractivity contribution in [2.45, 2.75) is 19.3 Å². The third-order valence-corrected chi connectivity index (χ3v) is 4.35. The van der Waals surface area contributed by atoms with Gasteiger partial charge in [0.15, 0.2) is 0 Å². The first-order valence-electron chi connectivity index (χ1n) is 7.95. The van der Waals surface area contributed by atoms with Gasteiger partial charge < -0.3 is 14.7 Å². The Morgan fingerprint density at radius 3 is 2.59 bits per heavy atom. The van der Waals surface area contributed by atoms with Gasteiger partial charge in [0.25, 0.3) is 0 Å². The van der Waals surface area contributed by atoms with E-state index >= 15 is 0 Å². The van der Waals surface area contributed by atoms with E-state index in [0.717, 1.165) is 38.3 Å². The molecule has 6 nitrogen and oxygen atoms in total. The number of hydrogen-bond donors (Lipinski definition) is 0. The maximum Gasteiger partial charge on any atom is 0.242 e. The Balaban J connectivity index is 1.50. The minimum Gasteiger partial charge on any atom is -0.353 e. The Labute approximate surface area is 130 Å². The van der Waals surface area contributed by atoms with Gasteiger partial charge in [-0.25, -0.2) is 4.98 Å². The third-order valence-electron chi connectivity index (χ3n) is 4.35. The van der Waals surface area contributed by atoms with Crippen LogP contribution in [0.3, 0.4) is 0 Å². The average Bonchev–Trinajstić information content (AvgIpc) is 2.58. The van der Waals surface area contributed by atoms with Crippen molar-refractivity contribution in [3.05, 3.63) is 24.4 Å². The second kappa shape index (κ2) is 6.77. The molecule has 0 spiro atoms. The average molecular weight is 302 g/mol. The number of rotatable bonds is 3. The summed E-state index contributed by atoms with van der Waals surface area (Å²) in [6.45, 7) is 3.92. The molecule has 2 amide bonds. The number of anilines is 1. The van der Waals surface area contributed by atoms with Crippen LogP contribution in [0.25, 0.3) is 0 Å². The molecule has 0 radical (unpaired) electrons. The highest BCUT2D eigenvalue weighted by atomic mass is 16.2. The molecule has 2 saturated heterocycles. The summed E-state index contributed by atoms with van der Waals surface area (Å²) in [7, 11) is 0. The number of aromatic nitrogens is 1. The summed E-state index contributed by atoms with van der Waals surface area (Å²) in [5, 5.41) is 0. The van der Waals surface area contributed by atoms with Crippen LogP contribution in [0.5, 0.6) is 0 Å². The van der Waals surface area contributed by atoms with Crippen molar-refractivity contribution in [1.29, 1.82) is 0 Å². The molecule has 3 heterocycles. The first-order chi connectivity index (χ1) is 10.7. The fourth-order valence-electron chi connectivity index (χ4n) is 3.02. The second-order valence-corrected chi connectivity index (χ2v) is 5.83. The van der Waals surface area contributed by atoms with Crippen LogP contribution in [-0.2, 0) is 9.59 Å². The maximum atomic E-state index is 12.4. The van der Waals surface area contributed by atoms with Crippen LogP contribution in [0.2, 0.25) is 0 Å². The van der Waals surface area contributed by atoms with E-state index in [9.17, 15) is 9.59 Å². The summed E-state index contributed by atoms with van der Waals surface area (Å²) >= 11 is 0. The smallest absolute Gasteiger partial charge is 0.242 e. The van der Waals surface area contributed by atoms with Crippen molar-refractivity contribution in [3.63, 3.8) is 0 Å². The molecule has 2 aliphatic heterocycles. The number of hydrogen-bond acceptors (Lipinski definition) is 4. The zero-order valence-corrected chi connectivity index (χ0v) is 12.8. The Bertz CT molecular complexity index is 526. The van der Waals surface area contributed by atoms with Crippen molar-refractivity contribution in [2.24, 2.45) is 0 Å². The predicted molar refractivity (Wildman–Crippen MR) is 83.5 cm³/mol. The lowest BCUT2D eigenvalue weighted by molar-refractivity contribution is -0.142. The van der Waals surface area contributed by atoms with Crippen molar-refractivity contribution >= 4 is 17.6 Å². The third kappa shape index (κ3) is 3.37. The molecular weight excluding hydrogens is 280 g/mol. The lowest BCUT2D eigenvalue weighted by Crippen LogP contribution is -2.52. The van der Waals surface area contributed by atoms with Gasteiger partial charge >= 0.3 is 0 Å². The summed E-state index contributed by atoms with van der Waals surface area (Å²) < 4.78 is 0. The van der Waals surface area contributed by atoms with Crippen LogP contribution >= 0.6 is 0 Å². The molecule has 0 aliphatic carbocycles. The molecular formula is C16H22N4O2. The van der Waals surface area contributed by atoms with Gasteiger partial charge in [0.1, 0.15) is 5.82 Å². The van der Waals surface area contributed by atoms with Gasteiger partial charge in [0.05, 0.1) is 6.54 Å². The van der Waals surface area contributed by atoms with E-state index in [4.69, 9.17) is 0 Å². The summed E-state index contributed by atoms with van der Waals surface area (Å²) in [4.78, 5) is 34.2. The minimum atomic E-state index is 0.0657. The minimum absolute atomic E-state index is 0.0657. The zero-order chi connectivity index (χ0) is 15.4. The monoisotopic (exact) mass is 302 g/mol. The normalized spacial score (nSPS) is 19.5. The van der Waals surface area contributed by atoms with E-state index in [0.29, 0.717) is 19.5 Å². The molecule has 2 fully saturated rings. The SMILES string of the molecule is O=C(CN1CCCCC1=O)N1CCN(c2ccccn2)CC1. The van der Waals surface area contributed by atoms with Crippen molar-refractivity contribution in [2.75, 3.05) is 44.2 Å². The number of pyridine rings is 1. The molecule has 1 aromatic heterocycles. The molecule has 3 rings (SSSR count). The standard InChI is InChI=1S/C16H22N4O2/c21-15-6-2-4-8-20(15)13-16(22)19-11-9-18(10-12-19)14-5-1-3-7-17-14/h1,3,5,7H,2,4,6,8-13H2. The van der Waals surface area contributed by atoms with E-state index in [1.807, 2.05) is 23.1 Å². The Morgan fingerprint density at radius 2 is 1.91 bits per heavy atom. The summed E-state index contributed by atoms with van der Waals surface area (Å²) in [5.74, 6) is 1.14.